The molecular formula is C11H22N2O2. The van der Waals surface area contributed by atoms with Gasteiger partial charge in [0.25, 0.3) is 0 Å². The van der Waals surface area contributed by atoms with Gasteiger partial charge in [-0.05, 0) is 12.8 Å². The molecule has 3 unspecified atom stereocenters. The molecule has 1 rings (SSSR count). The molecule has 1 saturated carbocycles. The smallest absolute Gasteiger partial charge is 0.312 e. The molecule has 0 aromatic rings. The summed E-state index contributed by atoms with van der Waals surface area (Å²) in [5.74, 6) is 0.336. The Balaban J connectivity index is 2.82. The molecule has 88 valence electrons. The maximum Gasteiger partial charge on any atom is 0.312 e. The van der Waals surface area contributed by atoms with Crippen molar-refractivity contribution in [2.24, 2.45) is 17.1 Å². The standard InChI is InChI=1S/C11H22N2O2/c1-5-11(6-2)8(13-10(12)14)7(3)9(11)15-4/h7-9H,5-6H2,1-4H3,(H3,12,13,14). The van der Waals surface area contributed by atoms with Crippen molar-refractivity contribution in [3.8, 4) is 0 Å². The molecule has 15 heavy (non-hydrogen) atoms. The SMILES string of the molecule is CCC1(CC)C(NC(N)=O)C(C)C1OC. The normalized spacial score (nSPS) is 33.2. The zero-order valence-corrected chi connectivity index (χ0v) is 10.0. The van der Waals surface area contributed by atoms with Crippen molar-refractivity contribution in [3.05, 3.63) is 0 Å². The fraction of sp³-hybridized carbons (Fsp3) is 0.909. The Morgan fingerprint density at radius 2 is 2.00 bits per heavy atom. The summed E-state index contributed by atoms with van der Waals surface area (Å²) in [4.78, 5) is 10.9. The summed E-state index contributed by atoms with van der Waals surface area (Å²) < 4.78 is 5.52. The van der Waals surface area contributed by atoms with Crippen LogP contribution in [0.15, 0.2) is 0 Å². The van der Waals surface area contributed by atoms with Gasteiger partial charge in [0.15, 0.2) is 0 Å². The number of carbonyl (C=O) groups is 1. The zero-order chi connectivity index (χ0) is 11.6. The predicted octanol–water partition coefficient (Wildman–Crippen LogP) is 1.49. The van der Waals surface area contributed by atoms with Crippen LogP contribution in [-0.2, 0) is 4.74 Å². The lowest BCUT2D eigenvalue weighted by Crippen LogP contribution is -2.70. The number of rotatable bonds is 4. The van der Waals surface area contributed by atoms with Crippen molar-refractivity contribution in [2.45, 2.75) is 45.8 Å². The van der Waals surface area contributed by atoms with Gasteiger partial charge in [0.1, 0.15) is 0 Å². The Kier molecular flexibility index (Phi) is 3.60. The van der Waals surface area contributed by atoms with Crippen LogP contribution in [0.1, 0.15) is 33.6 Å². The molecule has 1 aliphatic carbocycles. The topological polar surface area (TPSA) is 64.3 Å². The fourth-order valence-electron chi connectivity index (χ4n) is 3.25. The Bertz CT molecular complexity index is 239. The van der Waals surface area contributed by atoms with E-state index < -0.39 is 6.03 Å². The molecule has 0 spiro atoms. The molecule has 2 amide bonds. The van der Waals surface area contributed by atoms with Gasteiger partial charge in [-0.15, -0.1) is 0 Å². The lowest BCUT2D eigenvalue weighted by atomic mass is 9.53. The van der Waals surface area contributed by atoms with Crippen molar-refractivity contribution < 1.29 is 9.53 Å². The quantitative estimate of drug-likeness (QED) is 0.744. The number of primary amides is 1. The number of urea groups is 1. The van der Waals surface area contributed by atoms with E-state index in [4.69, 9.17) is 10.5 Å². The van der Waals surface area contributed by atoms with Crippen LogP contribution in [0.5, 0.6) is 0 Å². The molecular weight excluding hydrogens is 192 g/mol. The largest absolute Gasteiger partial charge is 0.380 e. The van der Waals surface area contributed by atoms with E-state index in [1.165, 1.54) is 0 Å². The van der Waals surface area contributed by atoms with Gasteiger partial charge >= 0.3 is 6.03 Å². The Hall–Kier alpha value is -0.770. The van der Waals surface area contributed by atoms with Gasteiger partial charge in [0.2, 0.25) is 0 Å². The highest BCUT2D eigenvalue weighted by Gasteiger charge is 2.58. The average Bonchev–Trinajstić information content (AvgIpc) is 2.21. The second-order valence-corrected chi connectivity index (χ2v) is 4.44. The third-order valence-electron chi connectivity index (χ3n) is 4.06. The molecule has 3 atom stereocenters. The average molecular weight is 214 g/mol. The van der Waals surface area contributed by atoms with Gasteiger partial charge in [0.05, 0.1) is 6.10 Å². The zero-order valence-electron chi connectivity index (χ0n) is 10.0. The summed E-state index contributed by atoms with van der Waals surface area (Å²) in [6.45, 7) is 6.37. The second-order valence-electron chi connectivity index (χ2n) is 4.44. The monoisotopic (exact) mass is 214 g/mol. The number of nitrogens with one attached hydrogen (secondary N) is 1. The first-order valence-corrected chi connectivity index (χ1v) is 5.62. The molecule has 0 aromatic heterocycles. The second kappa shape index (κ2) is 4.39. The maximum absolute atomic E-state index is 10.9. The Morgan fingerprint density at radius 3 is 2.33 bits per heavy atom. The first-order chi connectivity index (χ1) is 7.03. The first kappa shape index (κ1) is 12.3. The molecule has 4 heteroatoms. The number of amides is 2. The Morgan fingerprint density at radius 1 is 1.47 bits per heavy atom. The minimum atomic E-state index is -0.437. The minimum absolute atomic E-state index is 0.0587. The van der Waals surface area contributed by atoms with E-state index in [1.807, 2.05) is 0 Å². The van der Waals surface area contributed by atoms with Crippen molar-refractivity contribution >= 4 is 6.03 Å². The van der Waals surface area contributed by atoms with E-state index in [-0.39, 0.29) is 17.6 Å². The lowest BCUT2D eigenvalue weighted by Gasteiger charge is -2.59. The van der Waals surface area contributed by atoms with Gasteiger partial charge in [-0.1, -0.05) is 20.8 Å². The van der Waals surface area contributed by atoms with E-state index in [1.54, 1.807) is 7.11 Å². The highest BCUT2D eigenvalue weighted by molar-refractivity contribution is 5.72. The molecule has 3 N–H and O–H groups in total. The van der Waals surface area contributed by atoms with Crippen molar-refractivity contribution in [2.75, 3.05) is 7.11 Å². The molecule has 0 aromatic carbocycles. The van der Waals surface area contributed by atoms with Crippen LogP contribution in [0.2, 0.25) is 0 Å². The van der Waals surface area contributed by atoms with E-state index in [0.29, 0.717) is 5.92 Å². The van der Waals surface area contributed by atoms with Crippen molar-refractivity contribution in [1.29, 1.82) is 0 Å². The summed E-state index contributed by atoms with van der Waals surface area (Å²) in [7, 11) is 1.74. The number of ether oxygens (including phenoxy) is 1. The summed E-state index contributed by atoms with van der Waals surface area (Å²) in [6, 6.07) is -0.289. The van der Waals surface area contributed by atoms with Crippen LogP contribution in [-0.4, -0.2) is 25.3 Å². The predicted molar refractivity (Wildman–Crippen MR) is 59.5 cm³/mol. The van der Waals surface area contributed by atoms with Gasteiger partial charge in [0, 0.05) is 24.5 Å². The van der Waals surface area contributed by atoms with Gasteiger partial charge < -0.3 is 15.8 Å². The maximum atomic E-state index is 10.9. The van der Waals surface area contributed by atoms with E-state index >= 15 is 0 Å². The molecule has 0 radical (unpaired) electrons. The summed E-state index contributed by atoms with van der Waals surface area (Å²) in [5.41, 5.74) is 5.25. The lowest BCUT2D eigenvalue weighted by molar-refractivity contribution is -0.164. The van der Waals surface area contributed by atoms with Crippen LogP contribution in [0.25, 0.3) is 0 Å². The molecule has 0 heterocycles. The van der Waals surface area contributed by atoms with Gasteiger partial charge in [-0.25, -0.2) is 4.79 Å². The van der Waals surface area contributed by atoms with E-state index in [0.717, 1.165) is 12.8 Å². The van der Waals surface area contributed by atoms with Crippen LogP contribution >= 0.6 is 0 Å². The van der Waals surface area contributed by atoms with Crippen molar-refractivity contribution in [1.82, 2.24) is 5.32 Å². The summed E-state index contributed by atoms with van der Waals surface area (Å²) in [5, 5.41) is 2.84. The molecule has 0 saturated heterocycles. The Labute approximate surface area is 91.5 Å². The molecule has 1 fully saturated rings. The highest BCUT2D eigenvalue weighted by Crippen LogP contribution is 2.52. The summed E-state index contributed by atoms with van der Waals surface area (Å²) in [6.07, 6.45) is 2.22. The van der Waals surface area contributed by atoms with Crippen LogP contribution in [0.3, 0.4) is 0 Å². The van der Waals surface area contributed by atoms with Crippen LogP contribution in [0.4, 0.5) is 4.79 Å². The minimum Gasteiger partial charge on any atom is -0.380 e. The van der Waals surface area contributed by atoms with Crippen molar-refractivity contribution in [3.63, 3.8) is 0 Å². The number of nitrogens with two attached hydrogens (primary N) is 1. The third-order valence-corrected chi connectivity index (χ3v) is 4.06. The molecule has 4 nitrogen and oxygen atoms in total. The van der Waals surface area contributed by atoms with Crippen LogP contribution in [0, 0.1) is 11.3 Å². The van der Waals surface area contributed by atoms with E-state index in [2.05, 4.69) is 26.1 Å². The number of hydrogen-bond donors (Lipinski definition) is 2. The van der Waals surface area contributed by atoms with Gasteiger partial charge in [-0.3, -0.25) is 0 Å². The molecule has 0 aliphatic heterocycles. The number of methoxy groups -OCH3 is 1. The van der Waals surface area contributed by atoms with E-state index in [9.17, 15) is 4.79 Å². The molecule has 1 aliphatic rings. The number of carbonyl (C=O) groups excluding carboxylic acids is 1. The highest BCUT2D eigenvalue weighted by atomic mass is 16.5. The van der Waals surface area contributed by atoms with Gasteiger partial charge in [-0.2, -0.15) is 0 Å². The third kappa shape index (κ3) is 1.71. The fourth-order valence-corrected chi connectivity index (χ4v) is 3.25. The summed E-state index contributed by atoms with van der Waals surface area (Å²) >= 11 is 0. The number of hydrogen-bond acceptors (Lipinski definition) is 2. The first-order valence-electron chi connectivity index (χ1n) is 5.62. The molecule has 0 bridgehead atoms. The van der Waals surface area contributed by atoms with Crippen LogP contribution < -0.4 is 11.1 Å².